The summed E-state index contributed by atoms with van der Waals surface area (Å²) in [5.41, 5.74) is 12.0. The molecular formula is C24H18ClF2N7OS. The molecule has 1 fully saturated rings. The number of nitrogens with two attached hydrogens (primary N) is 2. The molecule has 1 aliphatic rings. The lowest BCUT2D eigenvalue weighted by atomic mass is 9.98. The highest BCUT2D eigenvalue weighted by Crippen LogP contribution is 2.44. The van der Waals surface area contributed by atoms with E-state index in [4.69, 9.17) is 23.1 Å². The predicted octanol–water partition coefficient (Wildman–Crippen LogP) is 4.31. The molecule has 0 spiro atoms. The number of carbonyl (C=O) groups excluding carboxylic acids is 1. The van der Waals surface area contributed by atoms with E-state index in [1.54, 1.807) is 4.90 Å². The first-order chi connectivity index (χ1) is 17.2. The fourth-order valence-electron chi connectivity index (χ4n) is 4.50. The highest BCUT2D eigenvalue weighted by Gasteiger charge is 2.29. The van der Waals surface area contributed by atoms with Crippen molar-refractivity contribution in [1.82, 2.24) is 14.9 Å². The molecule has 0 unspecified atom stereocenters. The van der Waals surface area contributed by atoms with Crippen molar-refractivity contribution >= 4 is 66.6 Å². The van der Waals surface area contributed by atoms with Gasteiger partial charge in [-0.15, -0.1) is 0 Å². The van der Waals surface area contributed by atoms with Crippen LogP contribution in [-0.2, 0) is 4.79 Å². The summed E-state index contributed by atoms with van der Waals surface area (Å²) in [5.74, 6) is -1.99. The van der Waals surface area contributed by atoms with E-state index in [1.807, 2.05) is 11.0 Å². The molecule has 2 aromatic heterocycles. The van der Waals surface area contributed by atoms with Gasteiger partial charge in [-0.1, -0.05) is 29.5 Å². The van der Waals surface area contributed by atoms with Crippen LogP contribution in [0.2, 0.25) is 5.02 Å². The van der Waals surface area contributed by atoms with Crippen molar-refractivity contribution in [3.8, 4) is 17.2 Å². The van der Waals surface area contributed by atoms with E-state index in [1.165, 1.54) is 24.3 Å². The van der Waals surface area contributed by atoms with Crippen LogP contribution in [0.15, 0.2) is 30.9 Å². The van der Waals surface area contributed by atoms with Crippen LogP contribution in [-0.4, -0.2) is 47.0 Å². The third kappa shape index (κ3) is 3.66. The molecule has 0 bridgehead atoms. The highest BCUT2D eigenvalue weighted by molar-refractivity contribution is 7.22. The van der Waals surface area contributed by atoms with Crippen LogP contribution in [0.4, 0.5) is 25.4 Å². The highest BCUT2D eigenvalue weighted by atomic mass is 35.5. The van der Waals surface area contributed by atoms with Gasteiger partial charge in [-0.3, -0.25) is 4.79 Å². The molecule has 8 nitrogen and oxygen atoms in total. The summed E-state index contributed by atoms with van der Waals surface area (Å²) >= 11 is 7.70. The SMILES string of the molecule is C=CC(=O)N1CCN(c2c(C#N)c(N)nc3c(F)c(-c4c(F)ccc5sc(N)nc45)c(Cl)cc23)CC1. The van der Waals surface area contributed by atoms with Crippen molar-refractivity contribution in [3.63, 3.8) is 0 Å². The Bertz CT molecular complexity index is 1620. The Balaban J connectivity index is 1.73. The first-order valence-corrected chi connectivity index (χ1v) is 12.0. The molecule has 4 aromatic rings. The second kappa shape index (κ2) is 8.89. The van der Waals surface area contributed by atoms with E-state index < -0.39 is 11.6 Å². The maximum absolute atomic E-state index is 16.1. The summed E-state index contributed by atoms with van der Waals surface area (Å²) in [6, 6.07) is 6.21. The molecule has 0 radical (unpaired) electrons. The smallest absolute Gasteiger partial charge is 0.246 e. The lowest BCUT2D eigenvalue weighted by Crippen LogP contribution is -2.48. The van der Waals surface area contributed by atoms with Crippen LogP contribution in [0.3, 0.4) is 0 Å². The van der Waals surface area contributed by atoms with Crippen LogP contribution in [0.5, 0.6) is 0 Å². The second-order valence-electron chi connectivity index (χ2n) is 8.11. The summed E-state index contributed by atoms with van der Waals surface area (Å²) in [6.07, 6.45) is 1.24. The fraction of sp³-hybridized carbons (Fsp3) is 0.167. The quantitative estimate of drug-likeness (QED) is 0.382. The number of anilines is 3. The normalized spacial score (nSPS) is 13.8. The standard InChI is InChI=1S/C24H18ClF2N7OS/c1-2-16(35)33-5-7-34(8-6-33)22-11-9-13(25)17(19(27)20(11)31-23(29)12(22)10-28)18-14(26)3-4-15-21(18)32-24(30)36-15/h2-4,9H,1,5-8H2,(H2,29,31)(H2,30,32). The van der Waals surface area contributed by atoms with Gasteiger partial charge in [0.2, 0.25) is 5.91 Å². The maximum atomic E-state index is 16.1. The molecular weight excluding hydrogens is 508 g/mol. The van der Waals surface area contributed by atoms with Gasteiger partial charge in [-0.25, -0.2) is 18.7 Å². The van der Waals surface area contributed by atoms with Gasteiger partial charge < -0.3 is 21.3 Å². The Kier molecular flexibility index (Phi) is 5.86. The van der Waals surface area contributed by atoms with Crippen molar-refractivity contribution in [2.24, 2.45) is 0 Å². The number of rotatable bonds is 3. The van der Waals surface area contributed by atoms with Crippen molar-refractivity contribution in [3.05, 3.63) is 53.1 Å². The van der Waals surface area contributed by atoms with E-state index in [-0.39, 0.29) is 55.0 Å². The molecule has 0 saturated carbocycles. The summed E-state index contributed by atoms with van der Waals surface area (Å²) in [5, 5.41) is 10.2. The minimum absolute atomic E-state index is 0.0646. The summed E-state index contributed by atoms with van der Waals surface area (Å²) in [4.78, 5) is 23.8. The number of halogens is 3. The van der Waals surface area contributed by atoms with Crippen LogP contribution in [0, 0.1) is 23.0 Å². The third-order valence-electron chi connectivity index (χ3n) is 6.14. The third-order valence-corrected chi connectivity index (χ3v) is 7.29. The minimum atomic E-state index is -0.895. The van der Waals surface area contributed by atoms with Crippen molar-refractivity contribution in [2.45, 2.75) is 0 Å². The molecule has 4 N–H and O–H groups in total. The van der Waals surface area contributed by atoms with Crippen molar-refractivity contribution < 1.29 is 13.6 Å². The number of nitriles is 1. The zero-order chi connectivity index (χ0) is 25.7. The number of benzene rings is 2. The maximum Gasteiger partial charge on any atom is 0.246 e. The monoisotopic (exact) mass is 525 g/mol. The number of nitrogen functional groups attached to an aromatic ring is 2. The number of pyridine rings is 1. The Morgan fingerprint density at radius 1 is 1.17 bits per heavy atom. The van der Waals surface area contributed by atoms with E-state index in [0.717, 1.165) is 11.3 Å². The number of hydrogen-bond donors (Lipinski definition) is 2. The number of thiazole rings is 1. The Morgan fingerprint density at radius 2 is 1.89 bits per heavy atom. The molecule has 182 valence electrons. The van der Waals surface area contributed by atoms with Gasteiger partial charge in [0.05, 0.1) is 20.9 Å². The van der Waals surface area contributed by atoms with Crippen LogP contribution < -0.4 is 16.4 Å². The molecule has 36 heavy (non-hydrogen) atoms. The van der Waals surface area contributed by atoms with E-state index >= 15 is 8.78 Å². The summed E-state index contributed by atoms with van der Waals surface area (Å²) in [7, 11) is 0. The lowest BCUT2D eigenvalue weighted by Gasteiger charge is -2.36. The molecule has 3 heterocycles. The number of fused-ring (bicyclic) bond motifs is 2. The molecule has 1 saturated heterocycles. The van der Waals surface area contributed by atoms with Crippen LogP contribution >= 0.6 is 22.9 Å². The van der Waals surface area contributed by atoms with E-state index in [9.17, 15) is 10.1 Å². The number of carbonyl (C=O) groups is 1. The van der Waals surface area contributed by atoms with Gasteiger partial charge in [0, 0.05) is 42.7 Å². The van der Waals surface area contributed by atoms with E-state index in [2.05, 4.69) is 16.5 Å². The Morgan fingerprint density at radius 3 is 2.56 bits per heavy atom. The number of nitrogens with zero attached hydrogens (tertiary/aromatic N) is 5. The molecule has 2 aromatic carbocycles. The van der Waals surface area contributed by atoms with Gasteiger partial charge in [0.1, 0.15) is 28.8 Å². The number of hydrogen-bond acceptors (Lipinski definition) is 8. The molecule has 12 heteroatoms. The van der Waals surface area contributed by atoms with Gasteiger partial charge in [-0.05, 0) is 24.3 Å². The van der Waals surface area contributed by atoms with Crippen molar-refractivity contribution in [2.75, 3.05) is 42.5 Å². The Labute approximate surface area is 213 Å². The average molecular weight is 526 g/mol. The van der Waals surface area contributed by atoms with Gasteiger partial charge in [-0.2, -0.15) is 5.26 Å². The molecule has 1 aliphatic heterocycles. The molecule has 5 rings (SSSR count). The zero-order valence-electron chi connectivity index (χ0n) is 18.7. The molecule has 0 aliphatic carbocycles. The second-order valence-corrected chi connectivity index (χ2v) is 9.58. The summed E-state index contributed by atoms with van der Waals surface area (Å²) < 4.78 is 31.7. The molecule has 0 atom stereocenters. The topological polar surface area (TPSA) is 125 Å². The number of amides is 1. The predicted molar refractivity (Wildman–Crippen MR) is 138 cm³/mol. The zero-order valence-corrected chi connectivity index (χ0v) is 20.3. The summed E-state index contributed by atoms with van der Waals surface area (Å²) in [6.45, 7) is 4.96. The van der Waals surface area contributed by atoms with Crippen LogP contribution in [0.1, 0.15) is 5.56 Å². The van der Waals surface area contributed by atoms with Crippen molar-refractivity contribution in [1.29, 1.82) is 5.26 Å². The largest absolute Gasteiger partial charge is 0.383 e. The van der Waals surface area contributed by atoms with E-state index in [0.29, 0.717) is 36.6 Å². The Hall–Kier alpha value is -4.01. The fourth-order valence-corrected chi connectivity index (χ4v) is 5.53. The van der Waals surface area contributed by atoms with Gasteiger partial charge >= 0.3 is 0 Å². The minimum Gasteiger partial charge on any atom is -0.383 e. The first-order valence-electron chi connectivity index (χ1n) is 10.8. The van der Waals surface area contributed by atoms with Gasteiger partial charge in [0.25, 0.3) is 0 Å². The van der Waals surface area contributed by atoms with Crippen LogP contribution in [0.25, 0.3) is 32.2 Å². The number of aromatic nitrogens is 2. The average Bonchev–Trinajstić information content (AvgIpc) is 3.25. The lowest BCUT2D eigenvalue weighted by molar-refractivity contribution is -0.126. The molecule has 1 amide bonds. The first kappa shape index (κ1) is 23.7. The number of piperazine rings is 1. The van der Waals surface area contributed by atoms with Gasteiger partial charge in [0.15, 0.2) is 10.9 Å².